The second kappa shape index (κ2) is 11.6. The van der Waals surface area contributed by atoms with Gasteiger partial charge in [0.1, 0.15) is 22.8 Å². The zero-order valence-electron chi connectivity index (χ0n) is 16.3. The minimum absolute atomic E-state index is 0. The Hall–Kier alpha value is -1.72. The van der Waals surface area contributed by atoms with Gasteiger partial charge in [0.25, 0.3) is 0 Å². The van der Waals surface area contributed by atoms with Crippen LogP contribution in [0.2, 0.25) is 0 Å². The molecule has 0 unspecified atom stereocenters. The van der Waals surface area contributed by atoms with Crippen LogP contribution in [0.4, 0.5) is 0 Å². The predicted octanol–water partition coefficient (Wildman–Crippen LogP) is 1.56. The number of aromatic hydroxyl groups is 3. The van der Waals surface area contributed by atoms with E-state index in [2.05, 4.69) is 0 Å². The molecule has 30 heavy (non-hydrogen) atoms. The second-order valence-corrected chi connectivity index (χ2v) is 7.75. The number of benzene rings is 2. The Morgan fingerprint density at radius 2 is 1.70 bits per heavy atom. The van der Waals surface area contributed by atoms with Gasteiger partial charge < -0.3 is 29.3 Å². The quantitative estimate of drug-likeness (QED) is 0.205. The van der Waals surface area contributed by atoms with E-state index in [0.717, 1.165) is 12.1 Å². The molecule has 9 nitrogen and oxygen atoms in total. The summed E-state index contributed by atoms with van der Waals surface area (Å²) in [6.45, 7) is -0.116. The van der Waals surface area contributed by atoms with Crippen LogP contribution < -0.4 is 9.47 Å². The van der Waals surface area contributed by atoms with E-state index in [-0.39, 0.29) is 80.7 Å². The largest absolute Gasteiger partial charge is 2.00 e. The molecule has 2 aromatic carbocycles. The van der Waals surface area contributed by atoms with Crippen LogP contribution in [0.15, 0.2) is 30.3 Å². The first kappa shape index (κ1) is 26.3. The number of ether oxygens (including phenoxy) is 2. The zero-order valence-corrected chi connectivity index (χ0v) is 19.4. The van der Waals surface area contributed by atoms with Gasteiger partial charge in [-0.3, -0.25) is 4.79 Å². The Kier molecular flexibility index (Phi) is 10.2. The molecule has 2 aromatic rings. The number of phenols is 3. The first-order chi connectivity index (χ1) is 13.6. The van der Waals surface area contributed by atoms with E-state index in [1.807, 2.05) is 0 Å². The fourth-order valence-corrected chi connectivity index (χ4v) is 3.13. The molecule has 0 spiro atoms. The second-order valence-electron chi connectivity index (χ2n) is 6.23. The number of hydrogen-bond acceptors (Lipinski definition) is 9. The Balaban J connectivity index is 0.00000450. The number of Topliss-reactive ketones (excluding diaryl/α,β-unsaturated/α-hetero) is 1. The Bertz CT molecular complexity index is 966. The molecule has 0 radical (unpaired) electrons. The van der Waals surface area contributed by atoms with Gasteiger partial charge in [-0.15, -0.1) is 0 Å². The number of carbonyl (C=O) groups excluding carboxylic acids is 1. The fraction of sp³-hybridized carbons (Fsp3) is 0.316. The molecule has 0 saturated carbocycles. The normalized spacial score (nSPS) is 10.9. The summed E-state index contributed by atoms with van der Waals surface area (Å²) in [5.74, 6) is -1.81. The first-order valence-corrected chi connectivity index (χ1v) is 10.2. The van der Waals surface area contributed by atoms with E-state index in [0.29, 0.717) is 11.3 Å². The van der Waals surface area contributed by atoms with Crippen LogP contribution in [0.25, 0.3) is 0 Å². The summed E-state index contributed by atoms with van der Waals surface area (Å²) in [5.41, 5.74) is 0.404. The fourth-order valence-electron chi connectivity index (χ4n) is 2.66. The Labute approximate surface area is 204 Å². The van der Waals surface area contributed by atoms with E-state index in [4.69, 9.17) is 9.47 Å². The average molecular weight is 466 g/mol. The molecule has 0 atom stereocenters. The SMILES string of the molecule is COc1ccc(CCC(=O)c2c(O)cc(OCCCS(=O)(=O)[O-])cc2O)cc1O.[Ca+2]. The summed E-state index contributed by atoms with van der Waals surface area (Å²) >= 11 is 0. The molecule has 0 fully saturated rings. The summed E-state index contributed by atoms with van der Waals surface area (Å²) < 4.78 is 41.7. The van der Waals surface area contributed by atoms with Gasteiger partial charge in [-0.2, -0.15) is 0 Å². The van der Waals surface area contributed by atoms with E-state index >= 15 is 0 Å². The van der Waals surface area contributed by atoms with Crippen LogP contribution >= 0.6 is 0 Å². The molecule has 0 aliphatic rings. The number of carbonyl (C=O) groups is 1. The maximum Gasteiger partial charge on any atom is 2.00 e. The number of aryl methyl sites for hydroxylation is 1. The van der Waals surface area contributed by atoms with Crippen molar-refractivity contribution in [3.05, 3.63) is 41.5 Å². The molecule has 0 heterocycles. The van der Waals surface area contributed by atoms with Crippen molar-refractivity contribution >= 4 is 53.6 Å². The molecular formula is C19H21CaO9S+. The van der Waals surface area contributed by atoms with Crippen molar-refractivity contribution in [3.63, 3.8) is 0 Å². The van der Waals surface area contributed by atoms with Crippen LogP contribution in [0.3, 0.4) is 0 Å². The van der Waals surface area contributed by atoms with Gasteiger partial charge in [0.05, 0.1) is 23.8 Å². The molecule has 0 saturated heterocycles. The van der Waals surface area contributed by atoms with Crippen LogP contribution in [-0.2, 0) is 16.5 Å². The third-order valence-electron chi connectivity index (χ3n) is 4.04. The third-order valence-corrected chi connectivity index (χ3v) is 4.83. The van der Waals surface area contributed by atoms with Gasteiger partial charge in [-0.25, -0.2) is 8.42 Å². The summed E-state index contributed by atoms with van der Waals surface area (Å²) in [6, 6.07) is 6.96. The van der Waals surface area contributed by atoms with Crippen LogP contribution in [0.5, 0.6) is 28.7 Å². The van der Waals surface area contributed by atoms with Crippen LogP contribution in [0, 0.1) is 0 Å². The minimum atomic E-state index is -4.34. The summed E-state index contributed by atoms with van der Waals surface area (Å²) in [7, 11) is -2.93. The number of rotatable bonds is 10. The summed E-state index contributed by atoms with van der Waals surface area (Å²) in [6.07, 6.45) is 0.175. The monoisotopic (exact) mass is 465 g/mol. The van der Waals surface area contributed by atoms with Gasteiger partial charge in [0.2, 0.25) is 0 Å². The Morgan fingerprint density at radius 3 is 2.23 bits per heavy atom. The molecule has 0 aliphatic carbocycles. The molecular weight excluding hydrogens is 444 g/mol. The molecule has 0 bridgehead atoms. The standard InChI is InChI=1S/C19H22O9S.Ca/c1-27-18-6-4-12(9-15(18)21)3-5-14(20)19-16(22)10-13(11-17(19)23)28-7-2-8-29(24,25)26;/h4,6,9-11,21-23H,2-3,5,7-8H2,1H3,(H,24,25,26);/q;+2/p-1. The minimum Gasteiger partial charge on any atom is -0.748 e. The molecule has 0 aromatic heterocycles. The molecule has 11 heteroatoms. The predicted molar refractivity (Wildman–Crippen MR) is 108 cm³/mol. The Morgan fingerprint density at radius 1 is 1.07 bits per heavy atom. The number of hydrogen-bond donors (Lipinski definition) is 3. The van der Waals surface area contributed by atoms with Crippen molar-refractivity contribution in [2.45, 2.75) is 19.3 Å². The maximum absolute atomic E-state index is 12.4. The topological polar surface area (TPSA) is 153 Å². The van der Waals surface area contributed by atoms with Crippen molar-refractivity contribution in [2.75, 3.05) is 19.5 Å². The van der Waals surface area contributed by atoms with E-state index in [9.17, 15) is 33.1 Å². The molecule has 3 N–H and O–H groups in total. The van der Waals surface area contributed by atoms with Crippen molar-refractivity contribution in [1.82, 2.24) is 0 Å². The van der Waals surface area contributed by atoms with Gasteiger partial charge >= 0.3 is 37.7 Å². The number of methoxy groups -OCH3 is 1. The van der Waals surface area contributed by atoms with Crippen molar-refractivity contribution in [3.8, 4) is 28.7 Å². The maximum atomic E-state index is 12.4. The van der Waals surface area contributed by atoms with E-state index in [1.54, 1.807) is 12.1 Å². The number of phenolic OH excluding ortho intramolecular Hbond substituents is 3. The summed E-state index contributed by atoms with van der Waals surface area (Å²) in [5, 5.41) is 29.9. The molecule has 0 amide bonds. The van der Waals surface area contributed by atoms with Gasteiger partial charge in [-0.05, 0) is 30.5 Å². The van der Waals surface area contributed by atoms with Gasteiger partial charge in [0.15, 0.2) is 17.3 Å². The van der Waals surface area contributed by atoms with Crippen molar-refractivity contribution in [2.24, 2.45) is 0 Å². The zero-order chi connectivity index (χ0) is 21.6. The van der Waals surface area contributed by atoms with Gasteiger partial charge in [0, 0.05) is 24.3 Å². The molecule has 158 valence electrons. The first-order valence-electron chi connectivity index (χ1n) is 8.62. The van der Waals surface area contributed by atoms with E-state index < -0.39 is 33.2 Å². The van der Waals surface area contributed by atoms with Crippen LogP contribution in [-0.4, -0.2) is 91.3 Å². The van der Waals surface area contributed by atoms with Gasteiger partial charge in [-0.1, -0.05) is 6.07 Å². The number of ketones is 1. The van der Waals surface area contributed by atoms with E-state index in [1.165, 1.54) is 13.2 Å². The molecule has 0 aliphatic heterocycles. The van der Waals surface area contributed by atoms with Crippen LogP contribution in [0.1, 0.15) is 28.8 Å². The smallest absolute Gasteiger partial charge is 0.748 e. The molecule has 2 rings (SSSR count). The van der Waals surface area contributed by atoms with Crippen molar-refractivity contribution < 1.29 is 42.6 Å². The average Bonchev–Trinajstić information content (AvgIpc) is 2.62. The summed E-state index contributed by atoms with van der Waals surface area (Å²) in [4.78, 5) is 12.4. The van der Waals surface area contributed by atoms with Crippen molar-refractivity contribution in [1.29, 1.82) is 0 Å². The third kappa shape index (κ3) is 7.84.